The Morgan fingerprint density at radius 3 is 2.38 bits per heavy atom. The summed E-state index contributed by atoms with van der Waals surface area (Å²) >= 11 is 6.33. The van der Waals surface area contributed by atoms with Gasteiger partial charge in [0.1, 0.15) is 0 Å². The summed E-state index contributed by atoms with van der Waals surface area (Å²) in [6.45, 7) is 0.590. The topological polar surface area (TPSA) is 26.0 Å². The number of benzene rings is 3. The quantitative estimate of drug-likeness (QED) is 0.736. The van der Waals surface area contributed by atoms with Gasteiger partial charge in [-0.25, -0.2) is 0 Å². The Hall–Kier alpha value is -1.83. The molecule has 0 fully saturated rings. The van der Waals surface area contributed by atoms with Crippen LogP contribution in [0.5, 0.6) is 0 Å². The van der Waals surface area contributed by atoms with Gasteiger partial charge in [-0.1, -0.05) is 72.3 Å². The average molecular weight is 296 g/mol. The monoisotopic (exact) mass is 295 g/mol. The van der Waals surface area contributed by atoms with Gasteiger partial charge in [0.05, 0.1) is 0 Å². The Kier molecular flexibility index (Phi) is 4.23. The molecule has 0 amide bonds. The molecule has 106 valence electrons. The molecule has 0 heterocycles. The highest BCUT2D eigenvalue weighted by molar-refractivity contribution is 6.31. The van der Waals surface area contributed by atoms with Crippen molar-refractivity contribution in [2.45, 2.75) is 12.3 Å². The summed E-state index contributed by atoms with van der Waals surface area (Å²) in [5, 5.41) is 3.36. The van der Waals surface area contributed by atoms with E-state index in [1.54, 1.807) is 0 Å². The summed E-state index contributed by atoms with van der Waals surface area (Å²) in [6.07, 6.45) is 0.904. The van der Waals surface area contributed by atoms with Gasteiger partial charge >= 0.3 is 0 Å². The molecule has 3 rings (SSSR count). The lowest BCUT2D eigenvalue weighted by atomic mass is 9.90. The maximum atomic E-state index is 6.33. The lowest BCUT2D eigenvalue weighted by Crippen LogP contribution is -2.15. The predicted molar refractivity (Wildman–Crippen MR) is 90.9 cm³/mol. The largest absolute Gasteiger partial charge is 0.330 e. The van der Waals surface area contributed by atoms with E-state index >= 15 is 0 Å². The van der Waals surface area contributed by atoms with Crippen molar-refractivity contribution in [2.75, 3.05) is 6.54 Å². The third kappa shape index (κ3) is 2.94. The number of fused-ring (bicyclic) bond motifs is 1. The van der Waals surface area contributed by atoms with E-state index in [4.69, 9.17) is 17.3 Å². The van der Waals surface area contributed by atoms with Crippen LogP contribution in [0.1, 0.15) is 17.0 Å². The molecule has 2 heteroatoms. The summed E-state index contributed by atoms with van der Waals surface area (Å²) in [5.41, 5.74) is 8.46. The SMILES string of the molecule is NCC(Cc1cccc2ccccc12)c1ccccc1Cl. The molecule has 0 aliphatic heterocycles. The predicted octanol–water partition coefficient (Wildman–Crippen LogP) is 4.78. The highest BCUT2D eigenvalue weighted by Gasteiger charge is 2.14. The minimum absolute atomic E-state index is 0.240. The van der Waals surface area contributed by atoms with Crippen molar-refractivity contribution in [3.05, 3.63) is 82.9 Å². The molecule has 1 atom stereocenters. The molecular formula is C19H18ClN. The van der Waals surface area contributed by atoms with Crippen molar-refractivity contribution in [1.82, 2.24) is 0 Å². The van der Waals surface area contributed by atoms with Crippen LogP contribution < -0.4 is 5.73 Å². The Morgan fingerprint density at radius 2 is 1.57 bits per heavy atom. The number of rotatable bonds is 4. The summed E-state index contributed by atoms with van der Waals surface area (Å²) in [5.74, 6) is 0.240. The first-order valence-electron chi connectivity index (χ1n) is 7.20. The van der Waals surface area contributed by atoms with Crippen LogP contribution in [-0.4, -0.2) is 6.54 Å². The van der Waals surface area contributed by atoms with Crippen LogP contribution >= 0.6 is 11.6 Å². The van der Waals surface area contributed by atoms with Gasteiger partial charge < -0.3 is 5.73 Å². The fourth-order valence-electron chi connectivity index (χ4n) is 2.86. The van der Waals surface area contributed by atoms with Crippen molar-refractivity contribution in [1.29, 1.82) is 0 Å². The van der Waals surface area contributed by atoms with Crippen molar-refractivity contribution in [3.63, 3.8) is 0 Å². The van der Waals surface area contributed by atoms with Crippen LogP contribution in [-0.2, 0) is 6.42 Å². The van der Waals surface area contributed by atoms with E-state index in [0.29, 0.717) is 6.54 Å². The van der Waals surface area contributed by atoms with E-state index in [-0.39, 0.29) is 5.92 Å². The number of hydrogen-bond acceptors (Lipinski definition) is 1. The van der Waals surface area contributed by atoms with E-state index in [1.807, 2.05) is 18.2 Å². The fourth-order valence-corrected chi connectivity index (χ4v) is 3.15. The van der Waals surface area contributed by atoms with Gasteiger partial charge in [0.25, 0.3) is 0 Å². The van der Waals surface area contributed by atoms with Crippen LogP contribution in [0.3, 0.4) is 0 Å². The summed E-state index contributed by atoms with van der Waals surface area (Å²) in [7, 11) is 0. The average Bonchev–Trinajstić information content (AvgIpc) is 2.53. The molecule has 0 aliphatic rings. The third-order valence-corrected chi connectivity index (χ3v) is 4.32. The lowest BCUT2D eigenvalue weighted by Gasteiger charge is -2.18. The maximum Gasteiger partial charge on any atom is 0.0441 e. The number of hydrogen-bond donors (Lipinski definition) is 1. The third-order valence-electron chi connectivity index (χ3n) is 3.98. The van der Waals surface area contributed by atoms with Crippen LogP contribution in [0.4, 0.5) is 0 Å². The second kappa shape index (κ2) is 6.30. The zero-order chi connectivity index (χ0) is 14.7. The van der Waals surface area contributed by atoms with Gasteiger partial charge in [0.2, 0.25) is 0 Å². The molecule has 0 bridgehead atoms. The molecule has 0 spiro atoms. The van der Waals surface area contributed by atoms with Gasteiger partial charge in [-0.2, -0.15) is 0 Å². The van der Waals surface area contributed by atoms with Gasteiger partial charge in [0, 0.05) is 10.9 Å². The van der Waals surface area contributed by atoms with Crippen molar-refractivity contribution >= 4 is 22.4 Å². The maximum absolute atomic E-state index is 6.33. The molecule has 0 aromatic heterocycles. The summed E-state index contributed by atoms with van der Waals surface area (Å²) in [4.78, 5) is 0. The lowest BCUT2D eigenvalue weighted by molar-refractivity contribution is 0.697. The first-order chi connectivity index (χ1) is 10.3. The van der Waals surface area contributed by atoms with E-state index < -0.39 is 0 Å². The normalized spacial score (nSPS) is 12.5. The zero-order valence-electron chi connectivity index (χ0n) is 11.8. The van der Waals surface area contributed by atoms with E-state index in [1.165, 1.54) is 16.3 Å². The minimum atomic E-state index is 0.240. The smallest absolute Gasteiger partial charge is 0.0441 e. The molecule has 1 nitrogen and oxygen atoms in total. The molecule has 0 saturated heterocycles. The van der Waals surface area contributed by atoms with Gasteiger partial charge in [-0.05, 0) is 40.9 Å². The Bertz CT molecular complexity index is 746. The molecule has 3 aromatic carbocycles. The summed E-state index contributed by atoms with van der Waals surface area (Å²) in [6, 6.07) is 22.9. The molecule has 0 radical (unpaired) electrons. The fraction of sp³-hybridized carbons (Fsp3) is 0.158. The van der Waals surface area contributed by atoms with Crippen LogP contribution in [0.15, 0.2) is 66.7 Å². The second-order valence-corrected chi connectivity index (χ2v) is 5.70. The molecule has 0 saturated carbocycles. The van der Waals surface area contributed by atoms with Gasteiger partial charge in [0.15, 0.2) is 0 Å². The first-order valence-corrected chi connectivity index (χ1v) is 7.58. The Balaban J connectivity index is 1.98. The molecule has 21 heavy (non-hydrogen) atoms. The van der Waals surface area contributed by atoms with E-state index in [0.717, 1.165) is 17.0 Å². The second-order valence-electron chi connectivity index (χ2n) is 5.30. The number of nitrogens with two attached hydrogens (primary N) is 1. The first kappa shape index (κ1) is 14.1. The van der Waals surface area contributed by atoms with E-state index in [2.05, 4.69) is 48.5 Å². The summed E-state index contributed by atoms with van der Waals surface area (Å²) < 4.78 is 0. The van der Waals surface area contributed by atoms with E-state index in [9.17, 15) is 0 Å². The standard InChI is InChI=1S/C19H18ClN/c20-19-11-4-3-10-18(19)16(13-21)12-15-8-5-7-14-6-1-2-9-17(14)15/h1-11,16H,12-13,21H2. The van der Waals surface area contributed by atoms with Gasteiger partial charge in [-0.15, -0.1) is 0 Å². The van der Waals surface area contributed by atoms with Crippen molar-refractivity contribution < 1.29 is 0 Å². The molecule has 2 N–H and O–H groups in total. The Morgan fingerprint density at radius 1 is 0.857 bits per heavy atom. The molecule has 0 aliphatic carbocycles. The van der Waals surface area contributed by atoms with Crippen molar-refractivity contribution in [3.8, 4) is 0 Å². The molecular weight excluding hydrogens is 278 g/mol. The highest BCUT2D eigenvalue weighted by Crippen LogP contribution is 2.29. The molecule has 1 unspecified atom stereocenters. The number of halogens is 1. The van der Waals surface area contributed by atoms with Crippen LogP contribution in [0.2, 0.25) is 5.02 Å². The zero-order valence-corrected chi connectivity index (χ0v) is 12.6. The highest BCUT2D eigenvalue weighted by atomic mass is 35.5. The molecule has 3 aromatic rings. The minimum Gasteiger partial charge on any atom is -0.330 e. The van der Waals surface area contributed by atoms with Crippen LogP contribution in [0, 0.1) is 0 Å². The Labute approximate surface area is 130 Å². The van der Waals surface area contributed by atoms with Gasteiger partial charge in [-0.3, -0.25) is 0 Å². The van der Waals surface area contributed by atoms with Crippen LogP contribution in [0.25, 0.3) is 10.8 Å². The van der Waals surface area contributed by atoms with Crippen molar-refractivity contribution in [2.24, 2.45) is 5.73 Å².